The molecule has 7 nitrogen and oxygen atoms in total. The third-order valence-electron chi connectivity index (χ3n) is 3.69. The van der Waals surface area contributed by atoms with Crippen LogP contribution in [-0.2, 0) is 11.2 Å². The molecule has 0 aliphatic carbocycles. The average molecular weight is 279 g/mol. The van der Waals surface area contributed by atoms with Crippen LogP contribution in [0, 0.1) is 0 Å². The number of hydrogen-bond acceptors (Lipinski definition) is 6. The van der Waals surface area contributed by atoms with E-state index in [0.717, 1.165) is 23.1 Å². The highest BCUT2D eigenvalue weighted by atomic mass is 16.6. The Morgan fingerprint density at radius 1 is 1.30 bits per heavy atom. The van der Waals surface area contributed by atoms with Gasteiger partial charge in [-0.2, -0.15) is 0 Å². The van der Waals surface area contributed by atoms with E-state index in [1.165, 1.54) is 0 Å². The fourth-order valence-corrected chi connectivity index (χ4v) is 2.59. The zero-order chi connectivity index (χ0) is 14.3. The number of nitrogens with zero attached hydrogens (tertiary/aromatic N) is 3. The van der Waals surface area contributed by atoms with E-state index in [1.54, 1.807) is 23.2 Å². The van der Waals surface area contributed by atoms with E-state index < -0.39 is 24.5 Å². The van der Waals surface area contributed by atoms with Gasteiger partial charge < -0.3 is 24.6 Å². The minimum Gasteiger partial charge on any atom is -0.394 e. The van der Waals surface area contributed by atoms with E-state index in [9.17, 15) is 10.2 Å². The zero-order valence-electron chi connectivity index (χ0n) is 11.0. The number of aliphatic hydroxyl groups excluding tert-OH is 3. The smallest absolute Gasteiger partial charge is 0.164 e. The van der Waals surface area contributed by atoms with Crippen LogP contribution in [0.5, 0.6) is 0 Å². The molecule has 3 rings (SSSR count). The Bertz CT molecular complexity index is 615. The molecule has 0 amide bonds. The van der Waals surface area contributed by atoms with Crippen molar-refractivity contribution in [2.45, 2.75) is 37.9 Å². The first-order chi connectivity index (χ1) is 9.67. The summed E-state index contributed by atoms with van der Waals surface area (Å²) >= 11 is 0. The zero-order valence-corrected chi connectivity index (χ0v) is 11.0. The van der Waals surface area contributed by atoms with Crippen molar-refractivity contribution in [3.05, 3.63) is 24.3 Å². The molecular formula is C13H17N3O4. The van der Waals surface area contributed by atoms with Gasteiger partial charge in [-0.25, -0.2) is 4.98 Å². The lowest BCUT2D eigenvalue weighted by atomic mass is 10.1. The van der Waals surface area contributed by atoms with Crippen LogP contribution in [0.2, 0.25) is 0 Å². The highest BCUT2D eigenvalue weighted by Crippen LogP contribution is 2.31. The van der Waals surface area contributed by atoms with Gasteiger partial charge in [0.15, 0.2) is 6.23 Å². The van der Waals surface area contributed by atoms with Crippen LogP contribution in [0.15, 0.2) is 18.6 Å². The van der Waals surface area contributed by atoms with Gasteiger partial charge in [-0.15, -0.1) is 0 Å². The normalized spacial score (nSPS) is 30.2. The Morgan fingerprint density at radius 2 is 2.10 bits per heavy atom. The first-order valence-corrected chi connectivity index (χ1v) is 6.60. The van der Waals surface area contributed by atoms with Gasteiger partial charge in [0, 0.05) is 6.20 Å². The fraction of sp³-hybridized carbons (Fsp3) is 0.538. The van der Waals surface area contributed by atoms with Crippen LogP contribution in [0.4, 0.5) is 0 Å². The number of hydrogen-bond donors (Lipinski definition) is 3. The number of aryl methyl sites for hydroxylation is 1. The number of rotatable bonds is 3. The van der Waals surface area contributed by atoms with E-state index in [2.05, 4.69) is 9.97 Å². The van der Waals surface area contributed by atoms with Gasteiger partial charge in [0.05, 0.1) is 24.1 Å². The van der Waals surface area contributed by atoms with E-state index in [0.29, 0.717) is 0 Å². The second-order valence-corrected chi connectivity index (χ2v) is 4.86. The predicted octanol–water partition coefficient (Wildman–Crippen LogP) is -0.395. The van der Waals surface area contributed by atoms with Gasteiger partial charge in [0.25, 0.3) is 0 Å². The third kappa shape index (κ3) is 1.90. The summed E-state index contributed by atoms with van der Waals surface area (Å²) in [6, 6.07) is 1.79. The number of ether oxygens (including phenoxy) is 1. The van der Waals surface area contributed by atoms with Crippen LogP contribution in [-0.4, -0.2) is 54.8 Å². The van der Waals surface area contributed by atoms with Crippen LogP contribution in [0.1, 0.15) is 18.8 Å². The summed E-state index contributed by atoms with van der Waals surface area (Å²) in [5, 5.41) is 29.0. The first-order valence-electron chi connectivity index (χ1n) is 6.60. The molecule has 0 radical (unpaired) electrons. The number of imidazole rings is 1. The van der Waals surface area contributed by atoms with Crippen molar-refractivity contribution in [3.63, 3.8) is 0 Å². The molecule has 2 aromatic rings. The average Bonchev–Trinajstić information content (AvgIpc) is 3.01. The molecule has 4 atom stereocenters. The largest absolute Gasteiger partial charge is 0.394 e. The Morgan fingerprint density at radius 3 is 2.75 bits per heavy atom. The van der Waals surface area contributed by atoms with Gasteiger partial charge in [-0.05, 0) is 12.5 Å². The molecule has 3 heterocycles. The quantitative estimate of drug-likeness (QED) is 0.707. The molecule has 1 aliphatic rings. The molecule has 3 N–H and O–H groups in total. The molecule has 0 saturated carbocycles. The lowest BCUT2D eigenvalue weighted by Crippen LogP contribution is -2.33. The number of aromatic nitrogens is 3. The molecule has 1 saturated heterocycles. The van der Waals surface area contributed by atoms with Crippen LogP contribution in [0.25, 0.3) is 11.0 Å². The van der Waals surface area contributed by atoms with Gasteiger partial charge in [0.1, 0.15) is 23.8 Å². The SMILES string of the molecule is CCc1nccc2c1ncn2[C@@H]1O[C@H](CO)[C@@H](O)[C@H]1O. The molecule has 0 aromatic carbocycles. The minimum absolute atomic E-state index is 0.344. The van der Waals surface area contributed by atoms with E-state index >= 15 is 0 Å². The van der Waals surface area contributed by atoms with Gasteiger partial charge in [-0.1, -0.05) is 6.92 Å². The second kappa shape index (κ2) is 5.10. The number of pyridine rings is 1. The topological polar surface area (TPSA) is 101 Å². The summed E-state index contributed by atoms with van der Waals surface area (Å²) in [6.07, 6.45) is 0.216. The summed E-state index contributed by atoms with van der Waals surface area (Å²) in [6.45, 7) is 1.65. The van der Waals surface area contributed by atoms with Crippen molar-refractivity contribution in [1.82, 2.24) is 14.5 Å². The van der Waals surface area contributed by atoms with Crippen molar-refractivity contribution in [2.75, 3.05) is 6.61 Å². The molecule has 1 fully saturated rings. The van der Waals surface area contributed by atoms with Crippen molar-refractivity contribution >= 4 is 11.0 Å². The van der Waals surface area contributed by atoms with Gasteiger partial charge in [-0.3, -0.25) is 4.98 Å². The summed E-state index contributed by atoms with van der Waals surface area (Å²) in [4.78, 5) is 8.57. The molecule has 0 unspecified atom stereocenters. The summed E-state index contributed by atoms with van der Waals surface area (Å²) in [5.74, 6) is 0. The lowest BCUT2D eigenvalue weighted by Gasteiger charge is -2.17. The Kier molecular flexibility index (Phi) is 3.43. The molecule has 0 spiro atoms. The monoisotopic (exact) mass is 279 g/mol. The number of aliphatic hydroxyl groups is 3. The molecule has 7 heteroatoms. The predicted molar refractivity (Wildman–Crippen MR) is 69.9 cm³/mol. The fourth-order valence-electron chi connectivity index (χ4n) is 2.59. The van der Waals surface area contributed by atoms with E-state index in [1.807, 2.05) is 6.92 Å². The van der Waals surface area contributed by atoms with Gasteiger partial charge >= 0.3 is 0 Å². The lowest BCUT2D eigenvalue weighted by molar-refractivity contribution is -0.0508. The Balaban J connectivity index is 2.03. The first kappa shape index (κ1) is 13.4. The van der Waals surface area contributed by atoms with Crippen molar-refractivity contribution in [2.24, 2.45) is 0 Å². The minimum atomic E-state index is -1.12. The Hall–Kier alpha value is -1.54. The molecular weight excluding hydrogens is 262 g/mol. The standard InChI is InChI=1S/C13H17N3O4/c1-2-7-10-8(3-4-14-7)16(6-15-10)13-12(19)11(18)9(5-17)20-13/h3-4,6,9,11-13,17-19H,2,5H2,1H3/t9-,11-,12-,13-/m1/s1. The van der Waals surface area contributed by atoms with E-state index in [-0.39, 0.29) is 6.61 Å². The van der Waals surface area contributed by atoms with Crippen molar-refractivity contribution in [3.8, 4) is 0 Å². The van der Waals surface area contributed by atoms with Crippen LogP contribution < -0.4 is 0 Å². The molecule has 0 bridgehead atoms. The summed E-state index contributed by atoms with van der Waals surface area (Å²) in [5.41, 5.74) is 2.41. The molecule has 20 heavy (non-hydrogen) atoms. The third-order valence-corrected chi connectivity index (χ3v) is 3.69. The van der Waals surface area contributed by atoms with Crippen molar-refractivity contribution in [1.29, 1.82) is 0 Å². The summed E-state index contributed by atoms with van der Waals surface area (Å²) in [7, 11) is 0. The van der Waals surface area contributed by atoms with Crippen molar-refractivity contribution < 1.29 is 20.1 Å². The van der Waals surface area contributed by atoms with Gasteiger partial charge in [0.2, 0.25) is 0 Å². The van der Waals surface area contributed by atoms with Crippen LogP contribution >= 0.6 is 0 Å². The second-order valence-electron chi connectivity index (χ2n) is 4.86. The summed E-state index contributed by atoms with van der Waals surface area (Å²) < 4.78 is 7.18. The molecule has 1 aliphatic heterocycles. The highest BCUT2D eigenvalue weighted by Gasteiger charge is 2.43. The maximum absolute atomic E-state index is 10.1. The van der Waals surface area contributed by atoms with Crippen LogP contribution in [0.3, 0.4) is 0 Å². The Labute approximate surface area is 115 Å². The highest BCUT2D eigenvalue weighted by molar-refractivity contribution is 5.77. The van der Waals surface area contributed by atoms with E-state index in [4.69, 9.17) is 9.84 Å². The maximum Gasteiger partial charge on any atom is 0.164 e. The number of fused-ring (bicyclic) bond motifs is 1. The molecule has 2 aromatic heterocycles. The maximum atomic E-state index is 10.1. The molecule has 108 valence electrons.